The van der Waals surface area contributed by atoms with Gasteiger partial charge in [-0.1, -0.05) is 12.8 Å². The highest BCUT2D eigenvalue weighted by Crippen LogP contribution is 2.17. The summed E-state index contributed by atoms with van der Waals surface area (Å²) >= 11 is 0. The van der Waals surface area contributed by atoms with Gasteiger partial charge in [-0.3, -0.25) is 9.48 Å². The molecule has 0 spiro atoms. The summed E-state index contributed by atoms with van der Waals surface area (Å²) in [7, 11) is 0. The molecule has 1 saturated carbocycles. The summed E-state index contributed by atoms with van der Waals surface area (Å²) in [5, 5.41) is 10.9. The molecule has 0 bridgehead atoms. The zero-order valence-electron chi connectivity index (χ0n) is 13.5. The van der Waals surface area contributed by atoms with Crippen molar-refractivity contribution in [1.29, 1.82) is 0 Å². The van der Waals surface area contributed by atoms with E-state index in [-0.39, 0.29) is 11.9 Å². The smallest absolute Gasteiger partial charge is 0.237 e. The average Bonchev–Trinajstić information content (AvgIpc) is 3.04. The van der Waals surface area contributed by atoms with Crippen LogP contribution in [0.1, 0.15) is 50.4 Å². The normalized spacial score (nSPS) is 17.1. The van der Waals surface area contributed by atoms with E-state index in [1.54, 1.807) is 0 Å². The van der Waals surface area contributed by atoms with Gasteiger partial charge in [0.05, 0.1) is 11.7 Å². The molecule has 1 heterocycles. The van der Waals surface area contributed by atoms with Crippen molar-refractivity contribution in [3.63, 3.8) is 0 Å². The van der Waals surface area contributed by atoms with Crippen LogP contribution in [0.2, 0.25) is 0 Å². The van der Waals surface area contributed by atoms with E-state index in [2.05, 4.69) is 28.7 Å². The third-order valence-electron chi connectivity index (χ3n) is 4.20. The lowest BCUT2D eigenvalue weighted by Gasteiger charge is -2.17. The Hall–Kier alpha value is -1.36. The van der Waals surface area contributed by atoms with Crippen LogP contribution in [-0.2, 0) is 11.3 Å². The molecule has 0 saturated heterocycles. The van der Waals surface area contributed by atoms with Crippen LogP contribution in [0.4, 0.5) is 0 Å². The van der Waals surface area contributed by atoms with Crippen LogP contribution in [0.25, 0.3) is 0 Å². The molecule has 1 aliphatic rings. The minimum atomic E-state index is -0.119. The van der Waals surface area contributed by atoms with Crippen molar-refractivity contribution < 1.29 is 4.79 Å². The van der Waals surface area contributed by atoms with E-state index in [4.69, 9.17) is 0 Å². The van der Waals surface area contributed by atoms with E-state index in [1.165, 1.54) is 18.5 Å². The van der Waals surface area contributed by atoms with Gasteiger partial charge >= 0.3 is 0 Å². The molecule has 5 heteroatoms. The second-order valence-electron chi connectivity index (χ2n) is 6.17. The highest BCUT2D eigenvalue weighted by molar-refractivity contribution is 5.81. The molecule has 1 aromatic rings. The molecule has 1 fully saturated rings. The SMILES string of the molecule is Cc1cc(C)n(CCCNC(C)C(=O)NC2CCCC2)n1. The molecule has 0 aliphatic heterocycles. The Morgan fingerprint density at radius 2 is 2.14 bits per heavy atom. The summed E-state index contributed by atoms with van der Waals surface area (Å²) < 4.78 is 2.03. The Labute approximate surface area is 127 Å². The van der Waals surface area contributed by atoms with Gasteiger partial charge < -0.3 is 10.6 Å². The van der Waals surface area contributed by atoms with Crippen LogP contribution in [0, 0.1) is 13.8 Å². The summed E-state index contributed by atoms with van der Waals surface area (Å²) in [6, 6.07) is 2.37. The molecule has 5 nitrogen and oxygen atoms in total. The summed E-state index contributed by atoms with van der Waals surface area (Å²) in [6.07, 6.45) is 5.74. The quantitative estimate of drug-likeness (QED) is 0.755. The minimum absolute atomic E-state index is 0.119. The number of amides is 1. The van der Waals surface area contributed by atoms with Crippen LogP contribution in [0.3, 0.4) is 0 Å². The van der Waals surface area contributed by atoms with E-state index in [0.717, 1.165) is 38.0 Å². The second-order valence-corrected chi connectivity index (χ2v) is 6.17. The van der Waals surface area contributed by atoms with Crippen LogP contribution in [0.15, 0.2) is 6.07 Å². The van der Waals surface area contributed by atoms with E-state index in [0.29, 0.717) is 6.04 Å². The second kappa shape index (κ2) is 7.59. The first-order chi connectivity index (χ1) is 10.1. The third kappa shape index (κ3) is 4.84. The number of aryl methyl sites for hydroxylation is 3. The van der Waals surface area contributed by atoms with Crippen molar-refractivity contribution in [3.05, 3.63) is 17.5 Å². The van der Waals surface area contributed by atoms with E-state index in [9.17, 15) is 4.79 Å². The molecule has 1 unspecified atom stereocenters. The molecule has 1 aromatic heterocycles. The maximum Gasteiger partial charge on any atom is 0.237 e. The lowest BCUT2D eigenvalue weighted by atomic mass is 10.2. The van der Waals surface area contributed by atoms with E-state index < -0.39 is 0 Å². The number of nitrogens with zero attached hydrogens (tertiary/aromatic N) is 2. The van der Waals surface area contributed by atoms with Crippen LogP contribution in [0.5, 0.6) is 0 Å². The Balaban J connectivity index is 1.63. The maximum absolute atomic E-state index is 12.0. The predicted molar refractivity (Wildman–Crippen MR) is 84.2 cm³/mol. The fourth-order valence-electron chi connectivity index (χ4n) is 2.94. The molecule has 0 radical (unpaired) electrons. The highest BCUT2D eigenvalue weighted by atomic mass is 16.2. The maximum atomic E-state index is 12.0. The monoisotopic (exact) mass is 292 g/mol. The number of nitrogens with one attached hydrogen (secondary N) is 2. The van der Waals surface area contributed by atoms with Gasteiger partial charge in [0.25, 0.3) is 0 Å². The molecule has 21 heavy (non-hydrogen) atoms. The number of carbonyl (C=O) groups is 1. The topological polar surface area (TPSA) is 59.0 Å². The van der Waals surface area contributed by atoms with E-state index >= 15 is 0 Å². The van der Waals surface area contributed by atoms with Crippen LogP contribution < -0.4 is 10.6 Å². The Morgan fingerprint density at radius 1 is 1.43 bits per heavy atom. The lowest BCUT2D eigenvalue weighted by Crippen LogP contribution is -2.45. The van der Waals surface area contributed by atoms with Gasteiger partial charge in [-0.2, -0.15) is 5.10 Å². The van der Waals surface area contributed by atoms with Gasteiger partial charge in [0, 0.05) is 18.3 Å². The summed E-state index contributed by atoms with van der Waals surface area (Å²) in [4.78, 5) is 12.0. The Bertz CT molecular complexity index is 463. The third-order valence-corrected chi connectivity index (χ3v) is 4.20. The van der Waals surface area contributed by atoms with Crippen molar-refractivity contribution in [2.24, 2.45) is 0 Å². The van der Waals surface area contributed by atoms with Crippen LogP contribution in [-0.4, -0.2) is 34.3 Å². The van der Waals surface area contributed by atoms with Crippen LogP contribution >= 0.6 is 0 Å². The zero-order valence-corrected chi connectivity index (χ0v) is 13.5. The molecular weight excluding hydrogens is 264 g/mol. The summed E-state index contributed by atoms with van der Waals surface area (Å²) in [5.41, 5.74) is 2.25. The van der Waals surface area contributed by atoms with Crippen molar-refractivity contribution in [3.8, 4) is 0 Å². The number of aromatic nitrogens is 2. The predicted octanol–water partition coefficient (Wildman–Crippen LogP) is 1.93. The summed E-state index contributed by atoms with van der Waals surface area (Å²) in [5.74, 6) is 0.132. The number of carbonyl (C=O) groups excluding carboxylic acids is 1. The van der Waals surface area contributed by atoms with Gasteiger partial charge in [0.1, 0.15) is 0 Å². The number of rotatable bonds is 7. The first-order valence-corrected chi connectivity index (χ1v) is 8.11. The lowest BCUT2D eigenvalue weighted by molar-refractivity contribution is -0.123. The number of hydrogen-bond donors (Lipinski definition) is 2. The molecule has 1 atom stereocenters. The van der Waals surface area contributed by atoms with Gasteiger partial charge in [-0.05, 0) is 52.6 Å². The number of hydrogen-bond acceptors (Lipinski definition) is 3. The van der Waals surface area contributed by atoms with Gasteiger partial charge in [-0.25, -0.2) is 0 Å². The van der Waals surface area contributed by atoms with Gasteiger partial charge in [-0.15, -0.1) is 0 Å². The van der Waals surface area contributed by atoms with Crippen molar-refractivity contribution >= 4 is 5.91 Å². The molecule has 2 rings (SSSR count). The van der Waals surface area contributed by atoms with Crippen molar-refractivity contribution in [2.45, 2.75) is 71.5 Å². The van der Waals surface area contributed by atoms with Gasteiger partial charge in [0.2, 0.25) is 5.91 Å². The fourth-order valence-corrected chi connectivity index (χ4v) is 2.94. The molecule has 1 amide bonds. The van der Waals surface area contributed by atoms with E-state index in [1.807, 2.05) is 18.5 Å². The molecular formula is C16H28N4O. The molecule has 2 N–H and O–H groups in total. The molecule has 1 aliphatic carbocycles. The van der Waals surface area contributed by atoms with Crippen molar-refractivity contribution in [1.82, 2.24) is 20.4 Å². The first-order valence-electron chi connectivity index (χ1n) is 8.11. The first kappa shape index (κ1) is 16.0. The Kier molecular flexibility index (Phi) is 5.79. The minimum Gasteiger partial charge on any atom is -0.352 e. The largest absolute Gasteiger partial charge is 0.352 e. The van der Waals surface area contributed by atoms with Crippen molar-refractivity contribution in [2.75, 3.05) is 6.54 Å². The van der Waals surface area contributed by atoms with Gasteiger partial charge in [0.15, 0.2) is 0 Å². The molecule has 0 aromatic carbocycles. The standard InChI is InChI=1S/C16H28N4O/c1-12-11-13(2)20(19-12)10-6-9-17-14(3)16(21)18-15-7-4-5-8-15/h11,14-15,17H,4-10H2,1-3H3,(H,18,21). The Morgan fingerprint density at radius 3 is 2.76 bits per heavy atom. The molecule has 118 valence electrons. The average molecular weight is 292 g/mol. The zero-order chi connectivity index (χ0) is 15.2. The summed E-state index contributed by atoms with van der Waals surface area (Å²) in [6.45, 7) is 7.75. The fraction of sp³-hybridized carbons (Fsp3) is 0.750. The highest BCUT2D eigenvalue weighted by Gasteiger charge is 2.20.